The molecular weight excluding hydrogens is 463 g/mol. The van der Waals surface area contributed by atoms with Crippen LogP contribution in [0, 0.1) is 5.82 Å². The van der Waals surface area contributed by atoms with E-state index in [2.05, 4.69) is 10.5 Å². The van der Waals surface area contributed by atoms with E-state index < -0.39 is 23.7 Å². The van der Waals surface area contributed by atoms with Crippen LogP contribution in [0.2, 0.25) is 0 Å². The first-order valence-corrected chi connectivity index (χ1v) is 10.8. The van der Waals surface area contributed by atoms with Gasteiger partial charge in [0.05, 0.1) is 17.3 Å². The fourth-order valence-electron chi connectivity index (χ4n) is 3.07. The number of nitrogens with one attached hydrogen (secondary N) is 1. The summed E-state index contributed by atoms with van der Waals surface area (Å²) in [5, 5.41) is 3.90. The quantitative estimate of drug-likeness (QED) is 0.173. The molecule has 0 heterocycles. The van der Waals surface area contributed by atoms with Crippen molar-refractivity contribution in [3.8, 4) is 11.5 Å². The maximum absolute atomic E-state index is 13.1. The van der Waals surface area contributed by atoms with Crippen molar-refractivity contribution in [2.75, 3.05) is 0 Å². The molecule has 0 aliphatic heterocycles. The van der Waals surface area contributed by atoms with Crippen LogP contribution in [0.5, 0.6) is 11.5 Å². The molecule has 0 saturated carbocycles. The number of esters is 2. The van der Waals surface area contributed by atoms with Crippen molar-refractivity contribution in [3.05, 3.63) is 131 Å². The number of nitrogens with zero attached hydrogens (tertiary/aromatic N) is 1. The number of benzene rings is 4. The molecule has 0 saturated heterocycles. The molecule has 0 aromatic heterocycles. The van der Waals surface area contributed by atoms with Crippen LogP contribution in [-0.2, 0) is 0 Å². The summed E-state index contributed by atoms with van der Waals surface area (Å²) in [6, 6.07) is 26.2. The van der Waals surface area contributed by atoms with Crippen molar-refractivity contribution in [1.29, 1.82) is 0 Å². The monoisotopic (exact) mass is 482 g/mol. The molecule has 1 N–H and O–H groups in total. The zero-order valence-corrected chi connectivity index (χ0v) is 18.8. The van der Waals surface area contributed by atoms with Gasteiger partial charge in [-0.1, -0.05) is 36.4 Å². The molecule has 0 aliphatic carbocycles. The highest BCUT2D eigenvalue weighted by Crippen LogP contribution is 2.26. The SMILES string of the molecule is O=C(N/N=C\c1ccc(OC(=O)c2ccccc2)cc1OC(=O)c1ccccc1)c1ccc(F)cc1. The summed E-state index contributed by atoms with van der Waals surface area (Å²) in [6.45, 7) is 0. The van der Waals surface area contributed by atoms with Crippen LogP contribution in [0.1, 0.15) is 36.6 Å². The first kappa shape index (κ1) is 24.0. The topological polar surface area (TPSA) is 94.1 Å². The van der Waals surface area contributed by atoms with E-state index in [-0.39, 0.29) is 17.1 Å². The minimum absolute atomic E-state index is 0.0574. The van der Waals surface area contributed by atoms with E-state index in [0.29, 0.717) is 16.7 Å². The lowest BCUT2D eigenvalue weighted by atomic mass is 10.2. The third-order valence-electron chi connectivity index (χ3n) is 4.89. The van der Waals surface area contributed by atoms with Crippen molar-refractivity contribution in [2.45, 2.75) is 0 Å². The molecule has 7 nitrogen and oxygen atoms in total. The van der Waals surface area contributed by atoms with Crippen LogP contribution >= 0.6 is 0 Å². The minimum atomic E-state index is -0.632. The van der Waals surface area contributed by atoms with Gasteiger partial charge in [0.25, 0.3) is 5.91 Å². The van der Waals surface area contributed by atoms with Crippen LogP contribution in [0.25, 0.3) is 0 Å². The molecule has 36 heavy (non-hydrogen) atoms. The Hall–Kier alpha value is -5.11. The third-order valence-corrected chi connectivity index (χ3v) is 4.89. The molecule has 0 atom stereocenters. The second-order valence-corrected chi connectivity index (χ2v) is 7.42. The molecule has 1 amide bonds. The number of carbonyl (C=O) groups excluding carboxylic acids is 3. The highest BCUT2D eigenvalue weighted by atomic mass is 19.1. The molecule has 0 bridgehead atoms. The van der Waals surface area contributed by atoms with Crippen molar-refractivity contribution in [1.82, 2.24) is 5.43 Å². The minimum Gasteiger partial charge on any atom is -0.423 e. The van der Waals surface area contributed by atoms with Gasteiger partial charge in [0.15, 0.2) is 0 Å². The van der Waals surface area contributed by atoms with Gasteiger partial charge in [0, 0.05) is 17.2 Å². The Morgan fingerprint density at radius 2 is 1.28 bits per heavy atom. The zero-order chi connectivity index (χ0) is 25.3. The summed E-state index contributed by atoms with van der Waals surface area (Å²) in [5.41, 5.74) is 3.55. The first-order chi connectivity index (χ1) is 17.5. The third kappa shape index (κ3) is 6.27. The van der Waals surface area contributed by atoms with Gasteiger partial charge in [-0.3, -0.25) is 4.79 Å². The fourth-order valence-corrected chi connectivity index (χ4v) is 3.07. The molecule has 8 heteroatoms. The molecule has 4 aromatic rings. The lowest BCUT2D eigenvalue weighted by molar-refractivity contribution is 0.0732. The lowest BCUT2D eigenvalue weighted by Gasteiger charge is -2.10. The van der Waals surface area contributed by atoms with Crippen LogP contribution < -0.4 is 14.9 Å². The van der Waals surface area contributed by atoms with Gasteiger partial charge in [-0.25, -0.2) is 19.4 Å². The van der Waals surface area contributed by atoms with E-state index in [1.807, 2.05) is 0 Å². The van der Waals surface area contributed by atoms with Gasteiger partial charge in [0.1, 0.15) is 17.3 Å². The van der Waals surface area contributed by atoms with E-state index in [1.165, 1.54) is 36.5 Å². The summed E-state index contributed by atoms with van der Waals surface area (Å²) in [4.78, 5) is 37.3. The summed E-state index contributed by atoms with van der Waals surface area (Å²) < 4.78 is 24.0. The number of rotatable bonds is 7. The highest BCUT2D eigenvalue weighted by molar-refractivity contribution is 5.96. The molecule has 4 rings (SSSR count). The van der Waals surface area contributed by atoms with Crippen molar-refractivity contribution in [2.24, 2.45) is 5.10 Å². The fraction of sp³-hybridized carbons (Fsp3) is 0. The summed E-state index contributed by atoms with van der Waals surface area (Å²) in [5.74, 6) is -2.03. The zero-order valence-electron chi connectivity index (χ0n) is 18.8. The predicted octanol–water partition coefficient (Wildman–Crippen LogP) is 5.03. The summed E-state index contributed by atoms with van der Waals surface area (Å²) in [7, 11) is 0. The van der Waals surface area contributed by atoms with Gasteiger partial charge in [0.2, 0.25) is 0 Å². The summed E-state index contributed by atoms with van der Waals surface area (Å²) in [6.07, 6.45) is 1.28. The number of ether oxygens (including phenoxy) is 2. The van der Waals surface area contributed by atoms with Crippen LogP contribution in [0.4, 0.5) is 4.39 Å². The summed E-state index contributed by atoms with van der Waals surface area (Å²) >= 11 is 0. The smallest absolute Gasteiger partial charge is 0.343 e. The normalized spacial score (nSPS) is 10.6. The number of amides is 1. The molecule has 0 fully saturated rings. The van der Waals surface area contributed by atoms with Crippen LogP contribution in [0.15, 0.2) is 108 Å². The Kier molecular flexibility index (Phi) is 7.57. The van der Waals surface area contributed by atoms with E-state index >= 15 is 0 Å². The van der Waals surface area contributed by atoms with Gasteiger partial charge in [-0.05, 0) is 60.7 Å². The van der Waals surface area contributed by atoms with E-state index in [4.69, 9.17) is 9.47 Å². The number of carbonyl (C=O) groups is 3. The molecule has 0 spiro atoms. The highest BCUT2D eigenvalue weighted by Gasteiger charge is 2.15. The molecule has 178 valence electrons. The number of hydrogen-bond acceptors (Lipinski definition) is 6. The van der Waals surface area contributed by atoms with Gasteiger partial charge in [-0.2, -0.15) is 5.10 Å². The Bertz CT molecular complexity index is 1410. The molecule has 0 radical (unpaired) electrons. The Morgan fingerprint density at radius 3 is 1.89 bits per heavy atom. The largest absolute Gasteiger partial charge is 0.423 e. The number of hydrogen-bond donors (Lipinski definition) is 1. The van der Waals surface area contributed by atoms with Gasteiger partial charge >= 0.3 is 11.9 Å². The number of halogens is 1. The second-order valence-electron chi connectivity index (χ2n) is 7.42. The Balaban J connectivity index is 1.55. The van der Waals surface area contributed by atoms with E-state index in [1.54, 1.807) is 60.7 Å². The van der Waals surface area contributed by atoms with Gasteiger partial charge < -0.3 is 9.47 Å². The standard InChI is InChI=1S/C28H19FN2O5/c29-23-14-11-19(12-15-23)26(32)31-30-18-22-13-16-24(35-27(33)20-7-3-1-4-8-20)17-25(22)36-28(34)21-9-5-2-6-10-21/h1-18H,(H,31,32)/b30-18-. The number of hydrazone groups is 1. The average Bonchev–Trinajstić information content (AvgIpc) is 2.91. The van der Waals surface area contributed by atoms with Gasteiger partial charge in [-0.15, -0.1) is 0 Å². The van der Waals surface area contributed by atoms with Crippen LogP contribution in [0.3, 0.4) is 0 Å². The molecule has 0 aliphatic rings. The Morgan fingerprint density at radius 1 is 0.694 bits per heavy atom. The van der Waals surface area contributed by atoms with E-state index in [9.17, 15) is 18.8 Å². The van der Waals surface area contributed by atoms with E-state index in [0.717, 1.165) is 12.1 Å². The predicted molar refractivity (Wildman–Crippen MR) is 131 cm³/mol. The average molecular weight is 482 g/mol. The van der Waals surface area contributed by atoms with Crippen molar-refractivity contribution >= 4 is 24.1 Å². The first-order valence-electron chi connectivity index (χ1n) is 10.8. The molecule has 4 aromatic carbocycles. The van der Waals surface area contributed by atoms with Crippen LogP contribution in [-0.4, -0.2) is 24.1 Å². The van der Waals surface area contributed by atoms with Crippen molar-refractivity contribution in [3.63, 3.8) is 0 Å². The lowest BCUT2D eigenvalue weighted by Crippen LogP contribution is -2.17. The maximum atomic E-state index is 13.1. The molecule has 0 unspecified atom stereocenters. The van der Waals surface area contributed by atoms with Crippen molar-refractivity contribution < 1.29 is 28.2 Å². The second kappa shape index (κ2) is 11.3. The Labute approximate surface area is 205 Å². The maximum Gasteiger partial charge on any atom is 0.343 e. The molecular formula is C28H19FN2O5.